The van der Waals surface area contributed by atoms with Crippen LogP contribution < -0.4 is 0 Å². The molecule has 0 aliphatic heterocycles. The van der Waals surface area contributed by atoms with Gasteiger partial charge in [-0.15, -0.1) is 0 Å². The van der Waals surface area contributed by atoms with Crippen LogP contribution in [0.1, 0.15) is 0 Å². The molecule has 4 aromatic heterocycles. The highest BCUT2D eigenvalue weighted by molar-refractivity contribution is 6.19. The van der Waals surface area contributed by atoms with Crippen LogP contribution in [0, 0.1) is 0 Å². The highest BCUT2D eigenvalue weighted by atomic mass is 15.2. The van der Waals surface area contributed by atoms with Crippen LogP contribution in [0.4, 0.5) is 0 Å². The molecule has 0 radical (unpaired) electrons. The molecule has 290 valence electrons. The van der Waals surface area contributed by atoms with Crippen LogP contribution in [0.2, 0.25) is 0 Å². The molecule has 0 aliphatic carbocycles. The van der Waals surface area contributed by atoms with Gasteiger partial charge in [0.1, 0.15) is 0 Å². The van der Waals surface area contributed by atoms with Gasteiger partial charge >= 0.3 is 0 Å². The molecule has 0 aliphatic rings. The quantitative estimate of drug-likeness (QED) is 0.161. The molecule has 0 fully saturated rings. The number of rotatable bonds is 7. The van der Waals surface area contributed by atoms with Crippen LogP contribution in [0.15, 0.2) is 218 Å². The van der Waals surface area contributed by atoms with E-state index in [0.29, 0.717) is 17.6 Å². The number of pyridine rings is 1. The second-order valence-electron chi connectivity index (χ2n) is 15.5. The first-order valence-electron chi connectivity index (χ1n) is 20.8. The zero-order valence-electron chi connectivity index (χ0n) is 33.5. The molecule has 0 saturated carbocycles. The van der Waals surface area contributed by atoms with E-state index in [4.69, 9.17) is 19.9 Å². The van der Waals surface area contributed by atoms with Crippen LogP contribution in [0.25, 0.3) is 112 Å². The van der Waals surface area contributed by atoms with Crippen molar-refractivity contribution < 1.29 is 0 Å². The third-order valence-corrected chi connectivity index (χ3v) is 11.8. The Bertz CT molecular complexity index is 3550. The summed E-state index contributed by atoms with van der Waals surface area (Å²) < 4.78 is 4.60. The fourth-order valence-corrected chi connectivity index (χ4v) is 8.90. The van der Waals surface area contributed by atoms with Gasteiger partial charge in [0, 0.05) is 43.8 Å². The molecular weight excluding hydrogens is 757 g/mol. The molecule has 0 amide bonds. The van der Waals surface area contributed by atoms with E-state index < -0.39 is 0 Å². The van der Waals surface area contributed by atoms with E-state index >= 15 is 0 Å². The molecule has 0 saturated heterocycles. The third-order valence-electron chi connectivity index (χ3n) is 11.8. The lowest BCUT2D eigenvalue weighted by Crippen LogP contribution is -2.06. The number of hydrogen-bond acceptors (Lipinski definition) is 4. The van der Waals surface area contributed by atoms with Gasteiger partial charge in [0.05, 0.1) is 39.1 Å². The van der Waals surface area contributed by atoms with E-state index in [1.54, 1.807) is 0 Å². The van der Waals surface area contributed by atoms with Crippen molar-refractivity contribution in [3.05, 3.63) is 218 Å². The van der Waals surface area contributed by atoms with E-state index in [-0.39, 0.29) is 0 Å². The number of fused-ring (bicyclic) bond motifs is 6. The fraction of sp³-hybridized carbons (Fsp3) is 0. The van der Waals surface area contributed by atoms with Crippen molar-refractivity contribution in [2.24, 2.45) is 0 Å². The molecule has 62 heavy (non-hydrogen) atoms. The molecule has 6 nitrogen and oxygen atoms in total. The maximum atomic E-state index is 5.30. The first-order chi connectivity index (χ1) is 30.7. The van der Waals surface area contributed by atoms with Gasteiger partial charge in [-0.1, -0.05) is 176 Å². The monoisotopic (exact) mass is 792 g/mol. The van der Waals surface area contributed by atoms with Gasteiger partial charge in [-0.25, -0.2) is 9.97 Å². The number of nitrogens with zero attached hydrogens (tertiary/aromatic N) is 6. The largest absolute Gasteiger partial charge is 0.309 e. The summed E-state index contributed by atoms with van der Waals surface area (Å²) >= 11 is 0. The first-order valence-corrected chi connectivity index (χ1v) is 20.8. The van der Waals surface area contributed by atoms with Gasteiger partial charge in [-0.3, -0.25) is 4.57 Å². The Kier molecular flexibility index (Phi) is 8.38. The lowest BCUT2D eigenvalue weighted by atomic mass is 10.0. The summed E-state index contributed by atoms with van der Waals surface area (Å²) in [5.41, 5.74) is 13.5. The Morgan fingerprint density at radius 1 is 0.274 bits per heavy atom. The Hall–Kier alpha value is -8.48. The molecule has 8 aromatic carbocycles. The lowest BCUT2D eigenvalue weighted by Gasteiger charge is -2.14. The highest BCUT2D eigenvalue weighted by Crippen LogP contribution is 2.41. The van der Waals surface area contributed by atoms with Gasteiger partial charge in [0.15, 0.2) is 11.6 Å². The maximum absolute atomic E-state index is 5.30. The summed E-state index contributed by atoms with van der Waals surface area (Å²) in [6.45, 7) is 0. The second-order valence-corrected chi connectivity index (χ2v) is 15.5. The van der Waals surface area contributed by atoms with Gasteiger partial charge in [0.2, 0.25) is 5.95 Å². The van der Waals surface area contributed by atoms with Crippen molar-refractivity contribution in [3.8, 4) is 68.1 Å². The molecule has 0 atom stereocenters. The zero-order chi connectivity index (χ0) is 41.0. The predicted octanol–water partition coefficient (Wildman–Crippen LogP) is 13.8. The minimum absolute atomic E-state index is 0.568. The van der Waals surface area contributed by atoms with Gasteiger partial charge in [0.25, 0.3) is 0 Å². The van der Waals surface area contributed by atoms with Gasteiger partial charge in [-0.2, -0.15) is 9.97 Å². The fourth-order valence-electron chi connectivity index (χ4n) is 8.90. The number of hydrogen-bond donors (Lipinski definition) is 0. The van der Waals surface area contributed by atoms with E-state index in [0.717, 1.165) is 82.9 Å². The number of aromatic nitrogens is 6. The van der Waals surface area contributed by atoms with Crippen molar-refractivity contribution in [1.29, 1.82) is 0 Å². The van der Waals surface area contributed by atoms with Crippen LogP contribution in [-0.2, 0) is 0 Å². The Balaban J connectivity index is 1.05. The van der Waals surface area contributed by atoms with Crippen LogP contribution in [-0.4, -0.2) is 29.1 Å². The maximum Gasteiger partial charge on any atom is 0.238 e. The summed E-state index contributed by atoms with van der Waals surface area (Å²) in [5.74, 6) is 1.81. The molecular formula is C56H36N6. The molecule has 0 N–H and O–H groups in total. The Labute approximate surface area is 357 Å². The van der Waals surface area contributed by atoms with Crippen LogP contribution in [0.5, 0.6) is 0 Å². The lowest BCUT2D eigenvalue weighted by molar-refractivity contribution is 0.954. The van der Waals surface area contributed by atoms with Gasteiger partial charge < -0.3 is 4.57 Å². The van der Waals surface area contributed by atoms with E-state index in [2.05, 4.69) is 161 Å². The standard InChI is InChI=1S/C56H36N6/c1-4-17-37(18-5-1)38-31-33-39(34-32-38)47-26-16-27-48(57-47)44-25-12-15-30-51(44)61-49-28-13-10-23-42(49)45-36-53-46(35-52(45)61)43-24-11-14-29-50(43)62(53)56-59-54(40-19-6-2-7-20-40)58-55(60-56)41-21-8-3-9-22-41/h1-36H. The molecule has 4 heterocycles. The minimum atomic E-state index is 0.568. The Morgan fingerprint density at radius 3 is 1.37 bits per heavy atom. The minimum Gasteiger partial charge on any atom is -0.309 e. The summed E-state index contributed by atoms with van der Waals surface area (Å²) in [6, 6.07) is 76.2. The third kappa shape index (κ3) is 5.96. The molecule has 0 unspecified atom stereocenters. The first kappa shape index (κ1) is 35.5. The van der Waals surface area contributed by atoms with Crippen molar-refractivity contribution in [3.63, 3.8) is 0 Å². The number of para-hydroxylation sites is 3. The average Bonchev–Trinajstić information content (AvgIpc) is 3.86. The molecule has 12 aromatic rings. The topological polar surface area (TPSA) is 61.4 Å². The highest BCUT2D eigenvalue weighted by Gasteiger charge is 2.22. The van der Waals surface area contributed by atoms with Crippen LogP contribution >= 0.6 is 0 Å². The molecule has 0 spiro atoms. The zero-order valence-corrected chi connectivity index (χ0v) is 33.5. The molecule has 0 bridgehead atoms. The Morgan fingerprint density at radius 2 is 0.742 bits per heavy atom. The summed E-state index contributed by atoms with van der Waals surface area (Å²) in [7, 11) is 0. The smallest absolute Gasteiger partial charge is 0.238 e. The average molecular weight is 793 g/mol. The SMILES string of the molecule is c1ccc(-c2ccc(-c3cccc(-c4ccccc4-n4c5ccccc5c5cc6c(cc54)c4ccccc4n6-c4nc(-c5ccccc5)nc(-c5ccccc5)n4)n3)cc2)cc1. The molecule has 6 heteroatoms. The van der Waals surface area contributed by atoms with Crippen molar-refractivity contribution >= 4 is 43.6 Å². The van der Waals surface area contributed by atoms with Crippen LogP contribution in [0.3, 0.4) is 0 Å². The van der Waals surface area contributed by atoms with E-state index in [1.165, 1.54) is 11.1 Å². The number of benzene rings is 8. The van der Waals surface area contributed by atoms with Crippen molar-refractivity contribution in [2.45, 2.75) is 0 Å². The summed E-state index contributed by atoms with van der Waals surface area (Å²) in [5, 5.41) is 4.51. The van der Waals surface area contributed by atoms with Crippen molar-refractivity contribution in [1.82, 2.24) is 29.1 Å². The van der Waals surface area contributed by atoms with Gasteiger partial charge in [-0.05, 0) is 53.6 Å². The summed E-state index contributed by atoms with van der Waals surface area (Å²) in [6.07, 6.45) is 0. The van der Waals surface area contributed by atoms with E-state index in [1.807, 2.05) is 66.7 Å². The van der Waals surface area contributed by atoms with Crippen molar-refractivity contribution in [2.75, 3.05) is 0 Å². The summed E-state index contributed by atoms with van der Waals surface area (Å²) in [4.78, 5) is 20.7. The predicted molar refractivity (Wildman–Crippen MR) is 253 cm³/mol. The second kappa shape index (κ2) is 14.7. The normalized spacial score (nSPS) is 11.5. The molecule has 12 rings (SSSR count). The van der Waals surface area contributed by atoms with E-state index in [9.17, 15) is 0 Å².